The Morgan fingerprint density at radius 2 is 1.93 bits per heavy atom. The number of ether oxygens (including phenoxy) is 1. The van der Waals surface area contributed by atoms with Crippen molar-refractivity contribution >= 4 is 64.6 Å². The van der Waals surface area contributed by atoms with Gasteiger partial charge in [0.1, 0.15) is 12.6 Å². The molecule has 0 aromatic heterocycles. The van der Waals surface area contributed by atoms with Crippen molar-refractivity contribution in [2.45, 2.75) is 59.6 Å². The zero-order valence-electron chi connectivity index (χ0n) is 22.9. The first-order valence-electron chi connectivity index (χ1n) is 13.4. The molecule has 3 saturated heterocycles. The summed E-state index contributed by atoms with van der Waals surface area (Å²) < 4.78 is 3.09. The number of alkyl halides is 3. The highest BCUT2D eigenvalue weighted by Gasteiger charge is 2.74. The molecule has 4 heterocycles. The number of aliphatic hydroxyl groups is 2. The van der Waals surface area contributed by atoms with E-state index in [1.54, 1.807) is 18.2 Å². The van der Waals surface area contributed by atoms with Crippen molar-refractivity contribution in [3.05, 3.63) is 47.8 Å². The van der Waals surface area contributed by atoms with Gasteiger partial charge in [-0.1, -0.05) is 60.4 Å². The number of alkyl carbamates (subject to hydrolysis) is 1. The molecule has 1 spiro atoms. The average molecular weight is 659 g/mol. The van der Waals surface area contributed by atoms with Crippen molar-refractivity contribution in [1.82, 2.24) is 31.1 Å². The van der Waals surface area contributed by atoms with Crippen LogP contribution in [0, 0.1) is 0 Å². The Hall–Kier alpha value is -3.30. The van der Waals surface area contributed by atoms with Gasteiger partial charge < -0.3 is 35.8 Å². The molecular weight excluding hydrogens is 629 g/mol. The number of guanidine groups is 1. The van der Waals surface area contributed by atoms with Crippen molar-refractivity contribution in [3.63, 3.8) is 0 Å². The number of aryl methyl sites for hydroxylation is 1. The van der Waals surface area contributed by atoms with E-state index in [0.29, 0.717) is 12.0 Å². The maximum Gasteiger partial charge on any atom is 0.414 e. The molecule has 0 aliphatic carbocycles. The molecule has 1 aromatic carbocycles. The molecule has 6 N–H and O–H groups in total. The number of nitrogens with one attached hydrogen (secondary N) is 4. The van der Waals surface area contributed by atoms with Gasteiger partial charge in [0.15, 0.2) is 5.66 Å². The third kappa shape index (κ3) is 5.69. The molecule has 1 aromatic rings. The van der Waals surface area contributed by atoms with E-state index in [1.807, 2.05) is 13.0 Å². The number of halogens is 3. The topological polar surface area (TPSA) is 185 Å². The van der Waals surface area contributed by atoms with Gasteiger partial charge in [-0.3, -0.25) is 24.6 Å². The fourth-order valence-electron chi connectivity index (χ4n) is 5.89. The van der Waals surface area contributed by atoms with E-state index in [9.17, 15) is 29.4 Å². The fraction of sp³-hybridized carbons (Fsp3) is 0.500. The van der Waals surface area contributed by atoms with Crippen LogP contribution in [0.2, 0.25) is 0 Å². The number of carbonyl (C=O) groups is 4. The second kappa shape index (κ2) is 11.3. The standard InChI is InChI=1S/C26H30Cl3N7O7/c1-3-14-5-4-6-15(9-14)21(39)32-17-11-36-22(33-23(40)43-12-24(27,28)29)31-16(10-35-18(37)7-8-19(35)38)20-25(36,26(17,41)42)34-13(2)30-20/h4-6,9,16-17,20,30,34,41-42H,2-3,7-8,10-12H2,1H3,(H,32,39)(H,31,33,40)/t16-,17?,20-,25-/m0/s1. The molecule has 3 fully saturated rings. The summed E-state index contributed by atoms with van der Waals surface area (Å²) in [5.74, 6) is -4.17. The fourth-order valence-corrected chi connectivity index (χ4v) is 6.06. The number of hydrogen-bond donors (Lipinski definition) is 6. The molecular formula is C26H30Cl3N7O7. The minimum absolute atomic E-state index is 0.0291. The molecule has 4 atom stereocenters. The predicted octanol–water partition coefficient (Wildman–Crippen LogP) is 0.0564. The molecule has 17 heteroatoms. The Labute approximate surface area is 261 Å². The first kappa shape index (κ1) is 31.1. The number of benzene rings is 1. The summed E-state index contributed by atoms with van der Waals surface area (Å²) in [4.78, 5) is 57.9. The highest BCUT2D eigenvalue weighted by molar-refractivity contribution is 6.67. The summed E-state index contributed by atoms with van der Waals surface area (Å²) in [5.41, 5.74) is -0.681. The molecule has 4 aliphatic heterocycles. The summed E-state index contributed by atoms with van der Waals surface area (Å²) in [5, 5.41) is 34.8. The number of hydrogen-bond acceptors (Lipinski definition) is 11. The van der Waals surface area contributed by atoms with Crippen LogP contribution in [0.25, 0.3) is 0 Å². The lowest BCUT2D eigenvalue weighted by Gasteiger charge is -2.49. The van der Waals surface area contributed by atoms with Crippen LogP contribution in [0.4, 0.5) is 4.79 Å². The first-order chi connectivity index (χ1) is 20.2. The molecule has 0 saturated carbocycles. The molecule has 0 bridgehead atoms. The maximum atomic E-state index is 13.3. The summed E-state index contributed by atoms with van der Waals surface area (Å²) in [6.07, 6.45) is -0.336. The van der Waals surface area contributed by atoms with Crippen LogP contribution in [0.1, 0.15) is 35.7 Å². The van der Waals surface area contributed by atoms with E-state index < -0.39 is 63.8 Å². The van der Waals surface area contributed by atoms with Gasteiger partial charge in [0.05, 0.1) is 24.4 Å². The number of rotatable bonds is 6. The first-order valence-corrected chi connectivity index (χ1v) is 14.6. The molecule has 232 valence electrons. The van der Waals surface area contributed by atoms with Crippen LogP contribution in [0.5, 0.6) is 0 Å². The van der Waals surface area contributed by atoms with Gasteiger partial charge in [-0.25, -0.2) is 9.79 Å². The third-order valence-corrected chi connectivity index (χ3v) is 8.22. The van der Waals surface area contributed by atoms with Crippen molar-refractivity contribution < 1.29 is 34.1 Å². The van der Waals surface area contributed by atoms with E-state index in [-0.39, 0.29) is 37.7 Å². The van der Waals surface area contributed by atoms with Crippen LogP contribution in [0.15, 0.2) is 41.7 Å². The highest BCUT2D eigenvalue weighted by Crippen LogP contribution is 2.45. The van der Waals surface area contributed by atoms with E-state index in [4.69, 9.17) is 39.5 Å². The van der Waals surface area contributed by atoms with Gasteiger partial charge >= 0.3 is 6.09 Å². The van der Waals surface area contributed by atoms with E-state index in [2.05, 4.69) is 32.8 Å². The Morgan fingerprint density at radius 1 is 1.23 bits per heavy atom. The van der Waals surface area contributed by atoms with Crippen LogP contribution in [-0.2, 0) is 20.7 Å². The van der Waals surface area contributed by atoms with E-state index in [0.717, 1.165) is 10.5 Å². The maximum absolute atomic E-state index is 13.3. The molecule has 4 aliphatic rings. The minimum atomic E-state index is -2.73. The number of carbonyl (C=O) groups excluding carboxylic acids is 4. The van der Waals surface area contributed by atoms with Crippen LogP contribution in [0.3, 0.4) is 0 Å². The van der Waals surface area contributed by atoms with E-state index in [1.165, 1.54) is 4.90 Å². The van der Waals surface area contributed by atoms with Gasteiger partial charge in [0.25, 0.3) is 5.91 Å². The summed E-state index contributed by atoms with van der Waals surface area (Å²) in [6, 6.07) is 3.51. The number of nitrogens with zero attached hydrogens (tertiary/aromatic N) is 3. The van der Waals surface area contributed by atoms with Crippen molar-refractivity contribution in [2.75, 3.05) is 19.7 Å². The van der Waals surface area contributed by atoms with Crippen LogP contribution in [-0.4, -0.2) is 103 Å². The van der Waals surface area contributed by atoms with E-state index >= 15 is 0 Å². The molecule has 5 rings (SSSR count). The largest absolute Gasteiger partial charge is 0.445 e. The second-order valence-corrected chi connectivity index (χ2v) is 13.2. The lowest BCUT2D eigenvalue weighted by atomic mass is 9.85. The van der Waals surface area contributed by atoms with Gasteiger partial charge in [-0.05, 0) is 24.1 Å². The van der Waals surface area contributed by atoms with Gasteiger partial charge in [-0.15, -0.1) is 0 Å². The monoisotopic (exact) mass is 657 g/mol. The van der Waals surface area contributed by atoms with Gasteiger partial charge in [0.2, 0.25) is 27.4 Å². The SMILES string of the molecule is C=C1N[C@H]2[C@H](CN3C(=O)CCC3=O)N=C(NC(=O)OCC(Cl)(Cl)Cl)N3CC(NC(=O)c4cccc(CC)c4)C(O)(O)[C@]23N1. The zero-order chi connectivity index (χ0) is 31.3. The lowest BCUT2D eigenvalue weighted by Crippen LogP contribution is -2.78. The predicted molar refractivity (Wildman–Crippen MR) is 155 cm³/mol. The summed E-state index contributed by atoms with van der Waals surface area (Å²) in [6.45, 7) is 4.70. The van der Waals surface area contributed by atoms with Crippen LogP contribution >= 0.6 is 34.8 Å². The molecule has 4 amide bonds. The smallest absolute Gasteiger partial charge is 0.414 e. The number of aliphatic imine (C=N–C) groups is 1. The second-order valence-electron chi connectivity index (χ2n) is 10.6. The lowest BCUT2D eigenvalue weighted by molar-refractivity contribution is -0.231. The number of amides is 4. The summed E-state index contributed by atoms with van der Waals surface area (Å²) in [7, 11) is 0. The number of likely N-dealkylation sites (tertiary alicyclic amines) is 1. The average Bonchev–Trinajstić information content (AvgIpc) is 3.54. The minimum Gasteiger partial charge on any atom is -0.445 e. The molecule has 43 heavy (non-hydrogen) atoms. The Morgan fingerprint density at radius 3 is 2.58 bits per heavy atom. The molecule has 14 nitrogen and oxygen atoms in total. The van der Waals surface area contributed by atoms with Gasteiger partial charge in [0, 0.05) is 24.9 Å². The van der Waals surface area contributed by atoms with Crippen molar-refractivity contribution in [2.24, 2.45) is 4.99 Å². The highest BCUT2D eigenvalue weighted by atomic mass is 35.6. The van der Waals surface area contributed by atoms with Crippen molar-refractivity contribution in [1.29, 1.82) is 0 Å². The summed E-state index contributed by atoms with van der Waals surface area (Å²) >= 11 is 17.1. The molecule has 0 radical (unpaired) electrons. The molecule has 1 unspecified atom stereocenters. The third-order valence-electron chi connectivity index (χ3n) is 7.90. The Balaban J connectivity index is 1.51. The Kier molecular flexibility index (Phi) is 8.20. The van der Waals surface area contributed by atoms with Crippen LogP contribution < -0.4 is 21.3 Å². The Bertz CT molecular complexity index is 1390. The van der Waals surface area contributed by atoms with Gasteiger partial charge in [-0.2, -0.15) is 0 Å². The van der Waals surface area contributed by atoms with Crippen molar-refractivity contribution in [3.8, 4) is 0 Å². The quantitative estimate of drug-likeness (QED) is 0.139. The zero-order valence-corrected chi connectivity index (χ0v) is 25.2. The number of imide groups is 1. The normalized spacial score (nSPS) is 27.6.